The molecule has 0 aromatic carbocycles. The fraction of sp³-hybridized carbons (Fsp3) is 0.562. The Kier molecular flexibility index (Phi) is 3.68. The van der Waals surface area contributed by atoms with Gasteiger partial charge >= 0.3 is 6.09 Å². The van der Waals surface area contributed by atoms with E-state index in [0.29, 0.717) is 35.2 Å². The van der Waals surface area contributed by atoms with Crippen LogP contribution in [0.1, 0.15) is 27.2 Å². The molecule has 2 fully saturated rings. The van der Waals surface area contributed by atoms with E-state index in [1.807, 2.05) is 25.7 Å². The van der Waals surface area contributed by atoms with Gasteiger partial charge in [-0.1, -0.05) is 11.6 Å². The zero-order valence-corrected chi connectivity index (χ0v) is 15.1. The Balaban J connectivity index is 1.53. The average molecular weight is 363 g/mol. The van der Waals surface area contributed by atoms with Gasteiger partial charge < -0.3 is 14.5 Å². The van der Waals surface area contributed by atoms with E-state index in [4.69, 9.17) is 16.3 Å². The molecule has 2 aromatic heterocycles. The summed E-state index contributed by atoms with van der Waals surface area (Å²) in [7, 11) is 0. The Morgan fingerprint density at radius 1 is 1.24 bits per heavy atom. The minimum absolute atomic E-state index is 0.113. The number of fused-ring (bicyclic) bond motifs is 3. The topological polar surface area (TPSA) is 84.3 Å². The molecule has 2 aliphatic heterocycles. The molecule has 2 aliphatic rings. The third-order valence-electron chi connectivity index (χ3n) is 4.45. The van der Waals surface area contributed by atoms with Crippen LogP contribution in [0.15, 0.2) is 12.5 Å². The summed E-state index contributed by atoms with van der Waals surface area (Å²) in [6.45, 7) is 6.92. The molecule has 0 saturated carbocycles. The predicted molar refractivity (Wildman–Crippen MR) is 92.6 cm³/mol. The second-order valence-corrected chi connectivity index (χ2v) is 7.75. The van der Waals surface area contributed by atoms with Gasteiger partial charge in [0.1, 0.15) is 23.0 Å². The summed E-state index contributed by atoms with van der Waals surface area (Å²) in [5.41, 5.74) is 0.668. The van der Waals surface area contributed by atoms with Crippen molar-refractivity contribution in [2.45, 2.75) is 44.9 Å². The van der Waals surface area contributed by atoms with Gasteiger partial charge in [-0.3, -0.25) is 0 Å². The molecule has 4 heterocycles. The van der Waals surface area contributed by atoms with Crippen LogP contribution < -0.4 is 4.90 Å². The first-order chi connectivity index (χ1) is 11.8. The van der Waals surface area contributed by atoms with E-state index in [1.165, 1.54) is 6.33 Å². The number of likely N-dealkylation sites (tertiary alicyclic amines) is 1. The Hall–Kier alpha value is -2.22. The molecule has 8 nitrogen and oxygen atoms in total. The number of ether oxygens (including phenoxy) is 1. The number of amides is 1. The van der Waals surface area contributed by atoms with Crippen LogP contribution in [0.2, 0.25) is 5.15 Å². The van der Waals surface area contributed by atoms with Crippen LogP contribution in [0, 0.1) is 0 Å². The summed E-state index contributed by atoms with van der Waals surface area (Å²) in [5, 5.41) is 0.313. The molecule has 2 aromatic rings. The van der Waals surface area contributed by atoms with Crippen molar-refractivity contribution in [1.29, 1.82) is 0 Å². The summed E-state index contributed by atoms with van der Waals surface area (Å²) in [5.74, 6) is 0.598. The highest BCUT2D eigenvalue weighted by Gasteiger charge is 2.47. The first-order valence-corrected chi connectivity index (χ1v) is 8.59. The summed E-state index contributed by atoms with van der Waals surface area (Å²) in [6, 6.07) is 0.292. The van der Waals surface area contributed by atoms with Crippen molar-refractivity contribution >= 4 is 34.7 Å². The first kappa shape index (κ1) is 16.3. The lowest BCUT2D eigenvalue weighted by atomic mass is 10.2. The Bertz CT molecular complexity index is 839. The number of rotatable bonds is 1. The molecule has 0 spiro atoms. The van der Waals surface area contributed by atoms with Gasteiger partial charge in [-0.15, -0.1) is 0 Å². The molecule has 9 heteroatoms. The third kappa shape index (κ3) is 2.95. The summed E-state index contributed by atoms with van der Waals surface area (Å²) in [6.07, 6.45) is 3.68. The SMILES string of the molecule is CC(C)(C)OC(=O)N1C[C@@H]2C[C@H]1CN2c1ncc2ncnc(Cl)c2n1. The summed E-state index contributed by atoms with van der Waals surface area (Å²) < 4.78 is 5.49. The highest BCUT2D eigenvalue weighted by atomic mass is 35.5. The van der Waals surface area contributed by atoms with E-state index in [0.717, 1.165) is 6.42 Å². The summed E-state index contributed by atoms with van der Waals surface area (Å²) in [4.78, 5) is 33.3. The van der Waals surface area contributed by atoms with Crippen LogP contribution in [0.3, 0.4) is 0 Å². The molecule has 132 valence electrons. The van der Waals surface area contributed by atoms with Crippen LogP contribution >= 0.6 is 11.6 Å². The number of carbonyl (C=O) groups excluding carboxylic acids is 1. The second-order valence-electron chi connectivity index (χ2n) is 7.40. The number of hydrogen-bond acceptors (Lipinski definition) is 7. The smallest absolute Gasteiger partial charge is 0.410 e. The number of aromatic nitrogens is 4. The molecule has 0 N–H and O–H groups in total. The Labute approximate surface area is 150 Å². The fourth-order valence-electron chi connectivity index (χ4n) is 3.41. The monoisotopic (exact) mass is 362 g/mol. The lowest BCUT2D eigenvalue weighted by Gasteiger charge is -2.35. The molecular formula is C16H19ClN6O2. The van der Waals surface area contributed by atoms with Gasteiger partial charge in [-0.2, -0.15) is 0 Å². The van der Waals surface area contributed by atoms with Gasteiger partial charge in [0.05, 0.1) is 18.3 Å². The molecule has 4 rings (SSSR count). The number of carbonyl (C=O) groups is 1. The van der Waals surface area contributed by atoms with Crippen LogP contribution in [-0.4, -0.2) is 61.7 Å². The molecule has 2 saturated heterocycles. The predicted octanol–water partition coefficient (Wildman–Crippen LogP) is 2.27. The molecule has 2 bridgehead atoms. The zero-order chi connectivity index (χ0) is 17.8. The molecular weight excluding hydrogens is 344 g/mol. The van der Waals surface area contributed by atoms with Gasteiger partial charge in [-0.05, 0) is 27.2 Å². The zero-order valence-electron chi connectivity index (χ0n) is 14.3. The van der Waals surface area contributed by atoms with E-state index in [9.17, 15) is 4.79 Å². The van der Waals surface area contributed by atoms with Gasteiger partial charge in [0.25, 0.3) is 0 Å². The lowest BCUT2D eigenvalue weighted by molar-refractivity contribution is 0.0214. The number of anilines is 1. The van der Waals surface area contributed by atoms with Crippen molar-refractivity contribution in [3.8, 4) is 0 Å². The van der Waals surface area contributed by atoms with Crippen LogP contribution in [0.25, 0.3) is 11.0 Å². The normalized spacial score (nSPS) is 22.7. The Morgan fingerprint density at radius 2 is 2.04 bits per heavy atom. The third-order valence-corrected chi connectivity index (χ3v) is 4.72. The minimum Gasteiger partial charge on any atom is -0.444 e. The molecule has 0 radical (unpaired) electrons. The van der Waals surface area contributed by atoms with Gasteiger partial charge in [0.2, 0.25) is 5.95 Å². The van der Waals surface area contributed by atoms with E-state index >= 15 is 0 Å². The molecule has 1 amide bonds. The van der Waals surface area contributed by atoms with E-state index in [2.05, 4.69) is 24.8 Å². The van der Waals surface area contributed by atoms with Crippen molar-refractivity contribution in [3.05, 3.63) is 17.7 Å². The molecule has 2 atom stereocenters. The summed E-state index contributed by atoms with van der Waals surface area (Å²) >= 11 is 6.11. The maximum atomic E-state index is 12.3. The van der Waals surface area contributed by atoms with E-state index in [-0.39, 0.29) is 18.2 Å². The quantitative estimate of drug-likeness (QED) is 0.719. The number of piperazine rings is 1. The fourth-order valence-corrected chi connectivity index (χ4v) is 3.59. The van der Waals surface area contributed by atoms with E-state index < -0.39 is 5.60 Å². The second kappa shape index (κ2) is 5.66. The van der Waals surface area contributed by atoms with E-state index in [1.54, 1.807) is 6.20 Å². The number of halogens is 1. The lowest BCUT2D eigenvalue weighted by Crippen LogP contribution is -2.50. The number of hydrogen-bond donors (Lipinski definition) is 0. The van der Waals surface area contributed by atoms with Crippen molar-refractivity contribution in [2.75, 3.05) is 18.0 Å². The van der Waals surface area contributed by atoms with Crippen LogP contribution in [0.4, 0.5) is 10.7 Å². The van der Waals surface area contributed by atoms with Crippen molar-refractivity contribution < 1.29 is 9.53 Å². The number of nitrogens with zero attached hydrogens (tertiary/aromatic N) is 6. The standard InChI is InChI=1S/C16H19ClN6O2/c1-16(2,3)25-15(24)23-7-9-4-10(23)6-22(9)14-18-5-11-12(21-14)13(17)20-8-19-11/h5,8-10H,4,6-7H2,1-3H3/t9-,10-/m0/s1. The molecule has 0 unspecified atom stereocenters. The largest absolute Gasteiger partial charge is 0.444 e. The average Bonchev–Trinajstić information content (AvgIpc) is 3.14. The molecule has 0 aliphatic carbocycles. The van der Waals surface area contributed by atoms with Gasteiger partial charge in [-0.25, -0.2) is 24.7 Å². The van der Waals surface area contributed by atoms with Crippen LogP contribution in [0.5, 0.6) is 0 Å². The highest BCUT2D eigenvalue weighted by Crippen LogP contribution is 2.34. The Morgan fingerprint density at radius 3 is 2.72 bits per heavy atom. The molecule has 25 heavy (non-hydrogen) atoms. The highest BCUT2D eigenvalue weighted by molar-refractivity contribution is 6.33. The minimum atomic E-state index is -0.489. The maximum Gasteiger partial charge on any atom is 0.410 e. The van der Waals surface area contributed by atoms with Gasteiger partial charge in [0.15, 0.2) is 5.15 Å². The van der Waals surface area contributed by atoms with Gasteiger partial charge in [0, 0.05) is 13.1 Å². The first-order valence-electron chi connectivity index (χ1n) is 8.21. The van der Waals surface area contributed by atoms with Crippen LogP contribution in [-0.2, 0) is 4.74 Å². The van der Waals surface area contributed by atoms with Crippen molar-refractivity contribution in [2.24, 2.45) is 0 Å². The van der Waals surface area contributed by atoms with Crippen molar-refractivity contribution in [1.82, 2.24) is 24.8 Å². The maximum absolute atomic E-state index is 12.3. The van der Waals surface area contributed by atoms with Crippen molar-refractivity contribution in [3.63, 3.8) is 0 Å².